The number of amides is 1. The Labute approximate surface area is 212 Å². The molecule has 195 valence electrons. The van der Waals surface area contributed by atoms with Crippen molar-refractivity contribution in [2.45, 2.75) is 64.0 Å². The number of hydrogen-bond donors (Lipinski definition) is 6. The van der Waals surface area contributed by atoms with Gasteiger partial charge in [-0.15, -0.1) is 0 Å². The first-order valence-corrected chi connectivity index (χ1v) is 11.8. The molecule has 2 aromatic carbocycles. The van der Waals surface area contributed by atoms with Crippen molar-refractivity contribution < 1.29 is 34.6 Å². The summed E-state index contributed by atoms with van der Waals surface area (Å²) in [5.74, 6) is -2.01. The summed E-state index contributed by atoms with van der Waals surface area (Å²) in [5.41, 5.74) is 8.34. The number of fused-ring (bicyclic) bond motifs is 1. The molecule has 0 aliphatic heterocycles. The van der Waals surface area contributed by atoms with Gasteiger partial charge < -0.3 is 31.3 Å². The Bertz CT molecular complexity index is 956. The van der Waals surface area contributed by atoms with Crippen LogP contribution >= 0.6 is 0 Å². The summed E-state index contributed by atoms with van der Waals surface area (Å²) in [7, 11) is 0. The molecule has 0 bridgehead atoms. The van der Waals surface area contributed by atoms with E-state index in [9.17, 15) is 19.5 Å². The fourth-order valence-electron chi connectivity index (χ4n) is 3.96. The number of carbonyl (C=O) groups excluding carboxylic acids is 1. The normalized spacial score (nSPS) is 15.6. The summed E-state index contributed by atoms with van der Waals surface area (Å²) in [6.45, 7) is 3.89. The topological polar surface area (TPSA) is 170 Å². The lowest BCUT2D eigenvalue weighted by Gasteiger charge is -2.26. The van der Waals surface area contributed by atoms with E-state index < -0.39 is 24.0 Å². The van der Waals surface area contributed by atoms with E-state index >= 15 is 0 Å². The quantitative estimate of drug-likeness (QED) is 0.299. The van der Waals surface area contributed by atoms with Crippen molar-refractivity contribution in [3.63, 3.8) is 0 Å². The fraction of sp³-hybridized carbons (Fsp3) is 0.423. The second-order valence-electron chi connectivity index (χ2n) is 8.92. The zero-order valence-electron chi connectivity index (χ0n) is 20.7. The van der Waals surface area contributed by atoms with Gasteiger partial charge in [0.1, 0.15) is 12.1 Å². The first-order valence-electron chi connectivity index (χ1n) is 11.8. The fourth-order valence-corrected chi connectivity index (χ4v) is 3.96. The van der Waals surface area contributed by atoms with Gasteiger partial charge in [-0.2, -0.15) is 0 Å². The summed E-state index contributed by atoms with van der Waals surface area (Å²) in [4.78, 5) is 34.4. The highest BCUT2D eigenvalue weighted by atomic mass is 16.4. The van der Waals surface area contributed by atoms with Crippen LogP contribution in [0.15, 0.2) is 54.6 Å². The molecule has 3 rings (SSSR count). The molecule has 3 atom stereocenters. The molecule has 1 radical (unpaired) electrons. The summed E-state index contributed by atoms with van der Waals surface area (Å²) in [6, 6.07) is 15.7. The average molecular weight is 499 g/mol. The van der Waals surface area contributed by atoms with Crippen LogP contribution in [0.25, 0.3) is 0 Å². The summed E-state index contributed by atoms with van der Waals surface area (Å²) >= 11 is 0. The molecule has 1 unspecified atom stereocenters. The van der Waals surface area contributed by atoms with Crippen LogP contribution in [0.1, 0.15) is 55.7 Å². The van der Waals surface area contributed by atoms with Crippen molar-refractivity contribution >= 4 is 25.5 Å². The monoisotopic (exact) mass is 499 g/mol. The maximum Gasteiger partial charge on any atom is 0.482 e. The molecular formula is C26H36BN2O7. The Morgan fingerprint density at radius 1 is 1.00 bits per heavy atom. The van der Waals surface area contributed by atoms with Crippen LogP contribution in [-0.4, -0.2) is 57.9 Å². The maximum absolute atomic E-state index is 12.7. The van der Waals surface area contributed by atoms with Gasteiger partial charge in [0.25, 0.3) is 0 Å². The molecule has 7 N–H and O–H groups in total. The Morgan fingerprint density at radius 2 is 1.58 bits per heavy atom. The van der Waals surface area contributed by atoms with Gasteiger partial charge in [-0.25, -0.2) is 4.79 Å². The Morgan fingerprint density at radius 3 is 2.11 bits per heavy atom. The van der Waals surface area contributed by atoms with Crippen molar-refractivity contribution in [3.05, 3.63) is 71.3 Å². The molecule has 2 aromatic rings. The number of carboxylic acids is 2. The molecule has 10 heteroatoms. The van der Waals surface area contributed by atoms with E-state index in [2.05, 4.69) is 5.32 Å². The lowest BCUT2D eigenvalue weighted by atomic mass is 9.82. The number of nitrogens with two attached hydrogens (primary N) is 1. The highest BCUT2D eigenvalue weighted by Crippen LogP contribution is 2.31. The van der Waals surface area contributed by atoms with Gasteiger partial charge in [0, 0.05) is 6.42 Å². The van der Waals surface area contributed by atoms with Gasteiger partial charge in [0.05, 0.1) is 5.92 Å². The molecule has 0 saturated heterocycles. The smallest absolute Gasteiger partial charge is 0.480 e. The molecule has 1 amide bonds. The number of hydrogen-bond acceptors (Lipinski definition) is 6. The van der Waals surface area contributed by atoms with Crippen LogP contribution in [0, 0.1) is 5.92 Å². The van der Waals surface area contributed by atoms with E-state index in [0.717, 1.165) is 30.4 Å². The maximum atomic E-state index is 12.7. The molecule has 0 spiro atoms. The molecule has 0 fully saturated rings. The third-order valence-corrected chi connectivity index (χ3v) is 5.63. The number of carboxylic acid groups (broad SMARTS) is 2. The SMILES string of the molecule is CC(C)C[C@H](N)C(=O)O.O=C(N[C@@H](Cc1ccccc1)C(=O)O)C1CCCc2ccccc21.O[B]O. The zero-order valence-corrected chi connectivity index (χ0v) is 20.7. The van der Waals surface area contributed by atoms with Gasteiger partial charge in [-0.1, -0.05) is 68.4 Å². The molecule has 0 saturated carbocycles. The van der Waals surface area contributed by atoms with Crippen LogP contribution in [0.4, 0.5) is 0 Å². The van der Waals surface area contributed by atoms with E-state index in [4.69, 9.17) is 20.9 Å². The Hall–Kier alpha value is -3.21. The van der Waals surface area contributed by atoms with Crippen molar-refractivity contribution in [2.75, 3.05) is 0 Å². The number of aryl methyl sites for hydroxylation is 1. The van der Waals surface area contributed by atoms with Crippen molar-refractivity contribution in [2.24, 2.45) is 11.7 Å². The Kier molecular flexibility index (Phi) is 14.1. The van der Waals surface area contributed by atoms with Crippen molar-refractivity contribution in [1.82, 2.24) is 5.32 Å². The van der Waals surface area contributed by atoms with Crippen LogP contribution in [-0.2, 0) is 27.2 Å². The minimum Gasteiger partial charge on any atom is -0.480 e. The first kappa shape index (κ1) is 30.8. The van der Waals surface area contributed by atoms with Crippen LogP contribution < -0.4 is 11.1 Å². The van der Waals surface area contributed by atoms with Gasteiger partial charge in [0.15, 0.2) is 0 Å². The number of rotatable bonds is 8. The van der Waals surface area contributed by atoms with E-state index in [-0.39, 0.29) is 25.9 Å². The summed E-state index contributed by atoms with van der Waals surface area (Å²) < 4.78 is 0. The van der Waals surface area contributed by atoms with E-state index in [1.54, 1.807) is 0 Å². The number of carbonyl (C=O) groups is 3. The molecule has 1 aliphatic rings. The van der Waals surface area contributed by atoms with Crippen molar-refractivity contribution in [1.29, 1.82) is 0 Å². The van der Waals surface area contributed by atoms with E-state index in [1.807, 2.05) is 68.4 Å². The largest absolute Gasteiger partial charge is 0.482 e. The van der Waals surface area contributed by atoms with Crippen molar-refractivity contribution in [3.8, 4) is 0 Å². The summed E-state index contributed by atoms with van der Waals surface area (Å²) in [5, 5.41) is 34.5. The van der Waals surface area contributed by atoms with Gasteiger partial charge in [-0.05, 0) is 48.3 Å². The van der Waals surface area contributed by atoms with Crippen LogP contribution in [0.5, 0.6) is 0 Å². The average Bonchev–Trinajstić information content (AvgIpc) is 2.84. The van der Waals surface area contributed by atoms with Gasteiger partial charge in [0.2, 0.25) is 5.91 Å². The lowest BCUT2D eigenvalue weighted by molar-refractivity contribution is -0.142. The third-order valence-electron chi connectivity index (χ3n) is 5.63. The molecule has 0 aromatic heterocycles. The minimum absolute atomic E-state index is 0. The number of aliphatic carboxylic acids is 2. The van der Waals surface area contributed by atoms with E-state index in [0.29, 0.717) is 12.3 Å². The first-order chi connectivity index (χ1) is 17.1. The summed E-state index contributed by atoms with van der Waals surface area (Å²) in [6.07, 6.45) is 3.53. The standard InChI is InChI=1S/C20H21NO3.C6H13NO2.BH2O2/c22-19(17-12-6-10-15-9-4-5-11-16(15)17)21-18(20(23)24)13-14-7-2-1-3-8-14;1-4(2)3-5(7)6(8)9;2-1-3/h1-5,7-9,11,17-18H,6,10,12-13H2,(H,21,22)(H,23,24);4-5H,3,7H2,1-2H3,(H,8,9);2-3H/t17?,18-;5-;/m00./s1. The van der Waals surface area contributed by atoms with E-state index in [1.165, 1.54) is 5.56 Å². The Balaban J connectivity index is 0.000000454. The number of benzene rings is 2. The second kappa shape index (κ2) is 16.5. The highest BCUT2D eigenvalue weighted by Gasteiger charge is 2.29. The third kappa shape index (κ3) is 11.0. The zero-order chi connectivity index (χ0) is 27.1. The molecule has 36 heavy (non-hydrogen) atoms. The molecule has 1 aliphatic carbocycles. The number of nitrogens with one attached hydrogen (secondary N) is 1. The van der Waals surface area contributed by atoms with Gasteiger partial charge in [-0.3, -0.25) is 9.59 Å². The molecule has 9 nitrogen and oxygen atoms in total. The van der Waals surface area contributed by atoms with Crippen LogP contribution in [0.2, 0.25) is 0 Å². The van der Waals surface area contributed by atoms with Gasteiger partial charge >= 0.3 is 19.6 Å². The second-order valence-corrected chi connectivity index (χ2v) is 8.92. The predicted octanol–water partition coefficient (Wildman–Crippen LogP) is 1.87. The minimum atomic E-state index is -1.00. The predicted molar refractivity (Wildman–Crippen MR) is 137 cm³/mol. The van der Waals surface area contributed by atoms with Crippen LogP contribution in [0.3, 0.4) is 0 Å². The highest BCUT2D eigenvalue weighted by molar-refractivity contribution is 6.13. The lowest BCUT2D eigenvalue weighted by Crippen LogP contribution is -2.44. The molecular weight excluding hydrogens is 463 g/mol. The molecule has 0 heterocycles.